The first-order valence-electron chi connectivity index (χ1n) is 6.23. The Bertz CT molecular complexity index is 325. The highest BCUT2D eigenvalue weighted by molar-refractivity contribution is 5.51. The number of nitrogens with one attached hydrogen (secondary N) is 2. The van der Waals surface area contributed by atoms with Crippen molar-refractivity contribution in [2.75, 3.05) is 37.8 Å². The number of likely N-dealkylation sites (N-methyl/N-ethyl adjacent to an activating group) is 1. The van der Waals surface area contributed by atoms with Crippen LogP contribution in [0.2, 0.25) is 0 Å². The smallest absolute Gasteiger partial charge is 0.127 e. The summed E-state index contributed by atoms with van der Waals surface area (Å²) in [4.78, 5) is 6.48. The van der Waals surface area contributed by atoms with Crippen molar-refractivity contribution < 1.29 is 0 Å². The number of nitrogens with zero attached hydrogens (tertiary/aromatic N) is 2. The molecule has 96 valence electrons. The van der Waals surface area contributed by atoms with Crippen molar-refractivity contribution in [1.82, 2.24) is 9.88 Å². The fourth-order valence-electron chi connectivity index (χ4n) is 1.34. The van der Waals surface area contributed by atoms with Gasteiger partial charge in [0.15, 0.2) is 0 Å². The summed E-state index contributed by atoms with van der Waals surface area (Å²) >= 11 is 0. The van der Waals surface area contributed by atoms with Gasteiger partial charge < -0.3 is 15.5 Å². The molecule has 4 heteroatoms. The molecule has 17 heavy (non-hydrogen) atoms. The summed E-state index contributed by atoms with van der Waals surface area (Å²) < 4.78 is 0. The normalized spacial score (nSPS) is 12.5. The van der Waals surface area contributed by atoms with Crippen molar-refractivity contribution >= 4 is 11.5 Å². The summed E-state index contributed by atoms with van der Waals surface area (Å²) in [5.74, 6) is 0.939. The third kappa shape index (κ3) is 5.04. The summed E-state index contributed by atoms with van der Waals surface area (Å²) in [5, 5.41) is 6.70. The minimum Gasteiger partial charge on any atom is -0.383 e. The Labute approximate surface area is 104 Å². The Morgan fingerprint density at radius 1 is 1.35 bits per heavy atom. The molecule has 0 aliphatic heterocycles. The van der Waals surface area contributed by atoms with Crippen LogP contribution in [0.15, 0.2) is 18.3 Å². The first-order valence-corrected chi connectivity index (χ1v) is 6.23. The van der Waals surface area contributed by atoms with E-state index < -0.39 is 0 Å². The van der Waals surface area contributed by atoms with E-state index in [2.05, 4.69) is 54.5 Å². The number of pyridine rings is 1. The van der Waals surface area contributed by atoms with Crippen molar-refractivity contribution in [2.45, 2.75) is 26.3 Å². The van der Waals surface area contributed by atoms with Crippen LogP contribution in [0.25, 0.3) is 0 Å². The van der Waals surface area contributed by atoms with E-state index in [-0.39, 0.29) is 0 Å². The van der Waals surface area contributed by atoms with Gasteiger partial charge in [-0.15, -0.1) is 0 Å². The van der Waals surface area contributed by atoms with Gasteiger partial charge in [0, 0.05) is 37.1 Å². The predicted molar refractivity (Wildman–Crippen MR) is 74.7 cm³/mol. The summed E-state index contributed by atoms with van der Waals surface area (Å²) in [6.45, 7) is 6.24. The molecule has 1 heterocycles. The first-order chi connectivity index (χ1) is 8.13. The molecule has 0 radical (unpaired) electrons. The number of rotatable bonds is 7. The Morgan fingerprint density at radius 2 is 2.12 bits per heavy atom. The van der Waals surface area contributed by atoms with Crippen molar-refractivity contribution in [3.8, 4) is 0 Å². The Hall–Kier alpha value is -1.29. The van der Waals surface area contributed by atoms with Gasteiger partial charge in [0.05, 0.1) is 0 Å². The summed E-state index contributed by atoms with van der Waals surface area (Å²) in [7, 11) is 4.18. The molecule has 1 rings (SSSR count). The Balaban J connectivity index is 2.48. The highest BCUT2D eigenvalue weighted by Crippen LogP contribution is 2.12. The molecule has 1 aromatic heterocycles. The molecule has 0 saturated heterocycles. The van der Waals surface area contributed by atoms with Crippen LogP contribution in [-0.2, 0) is 0 Å². The zero-order valence-electron chi connectivity index (χ0n) is 11.3. The maximum Gasteiger partial charge on any atom is 0.127 e. The summed E-state index contributed by atoms with van der Waals surface area (Å²) in [6.07, 6.45) is 2.94. The number of aromatic nitrogens is 1. The van der Waals surface area contributed by atoms with E-state index in [0.717, 1.165) is 31.0 Å². The third-order valence-electron chi connectivity index (χ3n) is 2.80. The van der Waals surface area contributed by atoms with Gasteiger partial charge in [-0.05, 0) is 33.5 Å². The lowest BCUT2D eigenvalue weighted by Gasteiger charge is -2.20. The molecule has 1 aromatic rings. The molecular formula is C13H24N4. The lowest BCUT2D eigenvalue weighted by atomic mass is 10.3. The van der Waals surface area contributed by atoms with Crippen LogP contribution in [0.5, 0.6) is 0 Å². The minimum atomic E-state index is 0.509. The van der Waals surface area contributed by atoms with Crippen LogP contribution >= 0.6 is 0 Å². The van der Waals surface area contributed by atoms with Gasteiger partial charge in [-0.25, -0.2) is 4.98 Å². The molecular weight excluding hydrogens is 212 g/mol. The van der Waals surface area contributed by atoms with Crippen molar-refractivity contribution in [3.63, 3.8) is 0 Å². The fraction of sp³-hybridized carbons (Fsp3) is 0.615. The molecule has 1 atom stereocenters. The molecule has 2 N–H and O–H groups in total. The van der Waals surface area contributed by atoms with Gasteiger partial charge in [0.25, 0.3) is 0 Å². The molecule has 0 spiro atoms. The van der Waals surface area contributed by atoms with Gasteiger partial charge in [-0.3, -0.25) is 0 Å². The van der Waals surface area contributed by atoms with Crippen LogP contribution in [0.4, 0.5) is 11.5 Å². The minimum absolute atomic E-state index is 0.509. The number of hydrogen-bond donors (Lipinski definition) is 2. The molecule has 1 unspecified atom stereocenters. The van der Waals surface area contributed by atoms with Gasteiger partial charge in [0.1, 0.15) is 5.82 Å². The third-order valence-corrected chi connectivity index (χ3v) is 2.80. The van der Waals surface area contributed by atoms with E-state index in [1.54, 1.807) is 0 Å². The van der Waals surface area contributed by atoms with Crippen LogP contribution in [0.3, 0.4) is 0 Å². The summed E-state index contributed by atoms with van der Waals surface area (Å²) in [5.41, 5.74) is 1.12. The van der Waals surface area contributed by atoms with Crippen LogP contribution in [-0.4, -0.2) is 43.1 Å². The predicted octanol–water partition coefficient (Wildman–Crippen LogP) is 2.27. The monoisotopic (exact) mass is 236 g/mol. The second-order valence-electron chi connectivity index (χ2n) is 4.55. The topological polar surface area (TPSA) is 40.2 Å². The maximum absolute atomic E-state index is 4.28. The molecule has 0 aliphatic carbocycles. The van der Waals surface area contributed by atoms with Gasteiger partial charge in [0.2, 0.25) is 0 Å². The van der Waals surface area contributed by atoms with E-state index >= 15 is 0 Å². The zero-order valence-corrected chi connectivity index (χ0v) is 11.3. The van der Waals surface area contributed by atoms with E-state index in [1.165, 1.54) is 0 Å². The zero-order chi connectivity index (χ0) is 12.7. The quantitative estimate of drug-likeness (QED) is 0.762. The van der Waals surface area contributed by atoms with Crippen LogP contribution in [0, 0.1) is 0 Å². The summed E-state index contributed by atoms with van der Waals surface area (Å²) in [6, 6.07) is 4.56. The second kappa shape index (κ2) is 7.12. The molecule has 0 fully saturated rings. The Morgan fingerprint density at radius 3 is 2.76 bits per heavy atom. The SMILES string of the molecule is CCCNc1cc(NCC(C)N(C)C)ccn1. The van der Waals surface area contributed by atoms with Gasteiger partial charge >= 0.3 is 0 Å². The van der Waals surface area contributed by atoms with Crippen LogP contribution < -0.4 is 10.6 Å². The lowest BCUT2D eigenvalue weighted by molar-refractivity contribution is 0.326. The molecule has 0 saturated carbocycles. The van der Waals surface area contributed by atoms with E-state index in [1.807, 2.05) is 12.3 Å². The van der Waals surface area contributed by atoms with Crippen LogP contribution in [0.1, 0.15) is 20.3 Å². The highest BCUT2D eigenvalue weighted by atomic mass is 15.1. The number of anilines is 2. The molecule has 0 aliphatic rings. The van der Waals surface area contributed by atoms with Gasteiger partial charge in [-0.2, -0.15) is 0 Å². The maximum atomic E-state index is 4.28. The Kier molecular flexibility index (Phi) is 5.77. The van der Waals surface area contributed by atoms with Crippen molar-refractivity contribution in [3.05, 3.63) is 18.3 Å². The van der Waals surface area contributed by atoms with E-state index in [9.17, 15) is 0 Å². The molecule has 0 aromatic carbocycles. The molecule has 4 nitrogen and oxygen atoms in total. The van der Waals surface area contributed by atoms with Crippen molar-refractivity contribution in [2.24, 2.45) is 0 Å². The average Bonchev–Trinajstić information content (AvgIpc) is 2.33. The van der Waals surface area contributed by atoms with Crippen molar-refractivity contribution in [1.29, 1.82) is 0 Å². The second-order valence-corrected chi connectivity index (χ2v) is 4.55. The lowest BCUT2D eigenvalue weighted by Crippen LogP contribution is -2.31. The first kappa shape index (κ1) is 13.8. The van der Waals surface area contributed by atoms with Gasteiger partial charge in [-0.1, -0.05) is 6.92 Å². The number of hydrogen-bond acceptors (Lipinski definition) is 4. The molecule has 0 bridgehead atoms. The van der Waals surface area contributed by atoms with E-state index in [4.69, 9.17) is 0 Å². The fourth-order valence-corrected chi connectivity index (χ4v) is 1.34. The van der Waals surface area contributed by atoms with E-state index in [0.29, 0.717) is 6.04 Å². The standard InChI is InChI=1S/C13H24N4/c1-5-7-14-13-9-12(6-8-15-13)16-10-11(2)17(3)4/h6,8-9,11H,5,7,10H2,1-4H3,(H2,14,15,16). The molecule has 0 amide bonds. The highest BCUT2D eigenvalue weighted by Gasteiger charge is 2.04. The average molecular weight is 236 g/mol. The largest absolute Gasteiger partial charge is 0.383 e.